The number of amides is 1. The van der Waals surface area contributed by atoms with Gasteiger partial charge in [-0.1, -0.05) is 12.1 Å². The molecular formula is C19H18N2O4. The monoisotopic (exact) mass is 338 g/mol. The molecule has 1 atom stereocenters. The first kappa shape index (κ1) is 18.0. The second-order valence-electron chi connectivity index (χ2n) is 5.15. The molecule has 128 valence electrons. The first-order valence-electron chi connectivity index (χ1n) is 7.79. The Kier molecular flexibility index (Phi) is 6.13. The molecule has 1 amide bonds. The summed E-state index contributed by atoms with van der Waals surface area (Å²) in [7, 11) is 0. The van der Waals surface area contributed by atoms with Crippen LogP contribution in [-0.2, 0) is 9.53 Å². The molecule has 0 radical (unpaired) electrons. The van der Waals surface area contributed by atoms with Gasteiger partial charge in [-0.3, -0.25) is 4.79 Å². The maximum absolute atomic E-state index is 12.2. The lowest BCUT2D eigenvalue weighted by Crippen LogP contribution is -2.30. The standard InChI is InChI=1S/C19H18N2O4/c1-3-24-16-10-8-14(9-11-16)19(23)25-13(2)18(22)21-17-7-5-4-6-15(17)12-20/h4-11,13H,3H2,1-2H3,(H,21,22)/t13-/m0/s1. The largest absolute Gasteiger partial charge is 0.494 e. The Bertz CT molecular complexity index is 794. The predicted octanol–water partition coefficient (Wildman–Crippen LogP) is 3.14. The zero-order chi connectivity index (χ0) is 18.2. The topological polar surface area (TPSA) is 88.4 Å². The van der Waals surface area contributed by atoms with E-state index in [4.69, 9.17) is 14.7 Å². The van der Waals surface area contributed by atoms with Crippen LogP contribution in [0.2, 0.25) is 0 Å². The number of para-hydroxylation sites is 1. The van der Waals surface area contributed by atoms with E-state index in [1.807, 2.05) is 13.0 Å². The van der Waals surface area contributed by atoms with Gasteiger partial charge in [-0.2, -0.15) is 5.26 Å². The van der Waals surface area contributed by atoms with Crippen LogP contribution in [0.1, 0.15) is 29.8 Å². The number of carbonyl (C=O) groups is 2. The van der Waals surface area contributed by atoms with Crippen LogP contribution in [0, 0.1) is 11.3 Å². The number of nitrogens with zero attached hydrogens (tertiary/aromatic N) is 1. The summed E-state index contributed by atoms with van der Waals surface area (Å²) in [4.78, 5) is 24.3. The van der Waals surface area contributed by atoms with Crippen LogP contribution in [-0.4, -0.2) is 24.6 Å². The molecule has 6 nitrogen and oxygen atoms in total. The van der Waals surface area contributed by atoms with Gasteiger partial charge >= 0.3 is 5.97 Å². The van der Waals surface area contributed by atoms with E-state index in [9.17, 15) is 9.59 Å². The van der Waals surface area contributed by atoms with Crippen LogP contribution in [0.25, 0.3) is 0 Å². The minimum Gasteiger partial charge on any atom is -0.494 e. The van der Waals surface area contributed by atoms with Crippen molar-refractivity contribution in [3.8, 4) is 11.8 Å². The average molecular weight is 338 g/mol. The molecule has 0 heterocycles. The van der Waals surface area contributed by atoms with Gasteiger partial charge in [0, 0.05) is 0 Å². The fourth-order valence-corrected chi connectivity index (χ4v) is 2.06. The Balaban J connectivity index is 1.98. The lowest BCUT2D eigenvalue weighted by Gasteiger charge is -2.14. The molecule has 2 rings (SSSR count). The molecule has 0 unspecified atom stereocenters. The molecule has 25 heavy (non-hydrogen) atoms. The number of hydrogen-bond donors (Lipinski definition) is 1. The third-order valence-corrected chi connectivity index (χ3v) is 3.36. The van der Waals surface area contributed by atoms with Crippen LogP contribution >= 0.6 is 0 Å². The number of benzene rings is 2. The highest BCUT2D eigenvalue weighted by molar-refractivity contribution is 5.98. The van der Waals surface area contributed by atoms with Gasteiger partial charge < -0.3 is 14.8 Å². The van der Waals surface area contributed by atoms with E-state index in [-0.39, 0.29) is 0 Å². The van der Waals surface area contributed by atoms with Gasteiger partial charge in [-0.15, -0.1) is 0 Å². The van der Waals surface area contributed by atoms with E-state index in [1.54, 1.807) is 48.5 Å². The second kappa shape index (κ2) is 8.50. The van der Waals surface area contributed by atoms with Crippen molar-refractivity contribution < 1.29 is 19.1 Å². The number of esters is 1. The van der Waals surface area contributed by atoms with Gasteiger partial charge in [0.15, 0.2) is 6.10 Å². The van der Waals surface area contributed by atoms with Gasteiger partial charge in [-0.05, 0) is 50.2 Å². The van der Waals surface area contributed by atoms with Crippen LogP contribution in [0.15, 0.2) is 48.5 Å². The Morgan fingerprint density at radius 2 is 1.84 bits per heavy atom. The quantitative estimate of drug-likeness (QED) is 0.818. The van der Waals surface area contributed by atoms with E-state index < -0.39 is 18.0 Å². The summed E-state index contributed by atoms with van der Waals surface area (Å²) >= 11 is 0. The van der Waals surface area contributed by atoms with Crippen molar-refractivity contribution in [3.05, 3.63) is 59.7 Å². The van der Waals surface area contributed by atoms with Crippen molar-refractivity contribution >= 4 is 17.6 Å². The molecule has 1 N–H and O–H groups in total. The van der Waals surface area contributed by atoms with Crippen molar-refractivity contribution in [1.29, 1.82) is 5.26 Å². The zero-order valence-electron chi connectivity index (χ0n) is 14.0. The van der Waals surface area contributed by atoms with Crippen LogP contribution in [0.4, 0.5) is 5.69 Å². The molecule has 0 aliphatic carbocycles. The highest BCUT2D eigenvalue weighted by Crippen LogP contribution is 2.16. The molecule has 0 saturated heterocycles. The fourth-order valence-electron chi connectivity index (χ4n) is 2.06. The second-order valence-corrected chi connectivity index (χ2v) is 5.15. The number of carbonyl (C=O) groups excluding carboxylic acids is 2. The van der Waals surface area contributed by atoms with Crippen LogP contribution in [0.5, 0.6) is 5.75 Å². The molecule has 0 spiro atoms. The van der Waals surface area contributed by atoms with E-state index in [1.165, 1.54) is 6.92 Å². The minimum atomic E-state index is -1.01. The van der Waals surface area contributed by atoms with E-state index in [0.717, 1.165) is 0 Å². The summed E-state index contributed by atoms with van der Waals surface area (Å²) in [5.41, 5.74) is 1.03. The SMILES string of the molecule is CCOc1ccc(C(=O)O[C@@H](C)C(=O)Nc2ccccc2C#N)cc1. The summed E-state index contributed by atoms with van der Waals surface area (Å²) in [5.74, 6) is -0.473. The van der Waals surface area contributed by atoms with Gasteiger partial charge in [0.25, 0.3) is 5.91 Å². The van der Waals surface area contributed by atoms with Crippen molar-refractivity contribution in [3.63, 3.8) is 0 Å². The zero-order valence-corrected chi connectivity index (χ0v) is 14.0. The van der Waals surface area contributed by atoms with Gasteiger partial charge in [-0.25, -0.2) is 4.79 Å². The maximum Gasteiger partial charge on any atom is 0.338 e. The summed E-state index contributed by atoms with van der Waals surface area (Å²) in [5, 5.41) is 11.6. The first-order valence-corrected chi connectivity index (χ1v) is 7.79. The van der Waals surface area contributed by atoms with Crippen LogP contribution < -0.4 is 10.1 Å². The van der Waals surface area contributed by atoms with Crippen LogP contribution in [0.3, 0.4) is 0 Å². The van der Waals surface area contributed by atoms with E-state index >= 15 is 0 Å². The third kappa shape index (κ3) is 4.82. The number of ether oxygens (including phenoxy) is 2. The Morgan fingerprint density at radius 1 is 1.16 bits per heavy atom. The van der Waals surface area contributed by atoms with Gasteiger partial charge in [0.1, 0.15) is 11.8 Å². The highest BCUT2D eigenvalue weighted by Gasteiger charge is 2.20. The molecule has 2 aromatic rings. The molecule has 0 aliphatic heterocycles. The molecule has 0 bridgehead atoms. The molecule has 0 aromatic heterocycles. The minimum absolute atomic E-state index is 0.320. The van der Waals surface area contributed by atoms with Crippen molar-refractivity contribution in [2.24, 2.45) is 0 Å². The molecule has 0 saturated carbocycles. The average Bonchev–Trinajstić information content (AvgIpc) is 2.63. The third-order valence-electron chi connectivity index (χ3n) is 3.36. The lowest BCUT2D eigenvalue weighted by atomic mass is 10.2. The lowest BCUT2D eigenvalue weighted by molar-refractivity contribution is -0.123. The molecule has 2 aromatic carbocycles. The summed E-state index contributed by atoms with van der Waals surface area (Å²) < 4.78 is 10.5. The Morgan fingerprint density at radius 3 is 2.48 bits per heavy atom. The number of hydrogen-bond acceptors (Lipinski definition) is 5. The Labute approximate surface area is 146 Å². The van der Waals surface area contributed by atoms with Crippen molar-refractivity contribution in [2.75, 3.05) is 11.9 Å². The maximum atomic E-state index is 12.2. The molecule has 0 fully saturated rings. The smallest absolute Gasteiger partial charge is 0.338 e. The number of anilines is 1. The molecule has 6 heteroatoms. The van der Waals surface area contributed by atoms with E-state index in [0.29, 0.717) is 29.2 Å². The van der Waals surface area contributed by atoms with Crippen molar-refractivity contribution in [1.82, 2.24) is 0 Å². The van der Waals surface area contributed by atoms with Gasteiger partial charge in [0.2, 0.25) is 0 Å². The molecule has 0 aliphatic rings. The molecular weight excluding hydrogens is 320 g/mol. The number of nitrogens with one attached hydrogen (secondary N) is 1. The number of nitriles is 1. The Hall–Kier alpha value is -3.33. The van der Waals surface area contributed by atoms with Gasteiger partial charge in [0.05, 0.1) is 23.4 Å². The first-order chi connectivity index (χ1) is 12.0. The van der Waals surface area contributed by atoms with E-state index in [2.05, 4.69) is 5.32 Å². The normalized spacial score (nSPS) is 11.1. The highest BCUT2D eigenvalue weighted by atomic mass is 16.5. The van der Waals surface area contributed by atoms with Crippen molar-refractivity contribution in [2.45, 2.75) is 20.0 Å². The summed E-state index contributed by atoms with van der Waals surface area (Å²) in [6.45, 7) is 3.87. The fraction of sp³-hybridized carbons (Fsp3) is 0.211. The predicted molar refractivity (Wildman–Crippen MR) is 92.3 cm³/mol. The summed E-state index contributed by atoms with van der Waals surface area (Å²) in [6, 6.07) is 15.1. The summed E-state index contributed by atoms with van der Waals surface area (Å²) in [6.07, 6.45) is -1.01. The number of rotatable bonds is 6.